The van der Waals surface area contributed by atoms with E-state index >= 15 is 0 Å². The second-order valence-electron chi connectivity index (χ2n) is 10.0. The van der Waals surface area contributed by atoms with Crippen molar-refractivity contribution in [3.8, 4) is 0 Å². The predicted molar refractivity (Wildman–Crippen MR) is 118 cm³/mol. The van der Waals surface area contributed by atoms with Gasteiger partial charge in [-0.2, -0.15) is 0 Å². The van der Waals surface area contributed by atoms with Gasteiger partial charge in [0.2, 0.25) is 11.8 Å². The van der Waals surface area contributed by atoms with Gasteiger partial charge in [0, 0.05) is 24.4 Å². The van der Waals surface area contributed by atoms with Gasteiger partial charge in [-0.3, -0.25) is 9.59 Å². The van der Waals surface area contributed by atoms with Gasteiger partial charge in [0.05, 0.1) is 23.4 Å². The Bertz CT molecular complexity index is 752. The smallest absolute Gasteiger partial charge is 0.242 e. The average Bonchev–Trinajstić information content (AvgIpc) is 3.30. The predicted octanol–water partition coefficient (Wildman–Crippen LogP) is 2.18. The minimum atomic E-state index is -0.705. The number of rotatable bonds is 5. The van der Waals surface area contributed by atoms with Gasteiger partial charge in [0.25, 0.3) is 0 Å². The van der Waals surface area contributed by atoms with Crippen LogP contribution in [0.25, 0.3) is 0 Å². The van der Waals surface area contributed by atoms with Crippen molar-refractivity contribution in [2.45, 2.75) is 83.9 Å². The first-order chi connectivity index (χ1) is 14.1. The van der Waals surface area contributed by atoms with Crippen molar-refractivity contribution in [1.29, 1.82) is 0 Å². The maximum absolute atomic E-state index is 12.9. The number of amides is 2. The number of β-amino-alcohol motifs (C(OH)–C–C–N with tert-alkyl or cyclic N) is 1. The Morgan fingerprint density at radius 3 is 2.57 bits per heavy atom. The third kappa shape index (κ3) is 5.21. The maximum Gasteiger partial charge on any atom is 0.242 e. The molecule has 3 rings (SSSR count). The zero-order valence-corrected chi connectivity index (χ0v) is 19.4. The first-order valence-corrected chi connectivity index (χ1v) is 11.9. The number of aliphatic hydroxyl groups is 1. The van der Waals surface area contributed by atoms with Gasteiger partial charge < -0.3 is 21.1 Å². The van der Waals surface area contributed by atoms with E-state index in [1.807, 2.05) is 26.3 Å². The number of nitrogens with one attached hydrogen (secondary N) is 1. The molecule has 0 radical (unpaired) electrons. The van der Waals surface area contributed by atoms with E-state index in [1.165, 1.54) is 9.78 Å². The van der Waals surface area contributed by atoms with E-state index in [-0.39, 0.29) is 24.8 Å². The molecular formula is C22H36N4O3S. The quantitative estimate of drug-likeness (QED) is 0.656. The lowest BCUT2D eigenvalue weighted by molar-refractivity contribution is -0.141. The molecule has 0 spiro atoms. The second-order valence-corrected chi connectivity index (χ2v) is 10.9. The Hall–Kier alpha value is -1.51. The highest BCUT2D eigenvalue weighted by Gasteiger charge is 2.42. The standard InChI is InChI=1S/C22H36N4O3S/c1-13-18(30-12-25-13)15-7-5-14(6-8-15)10-24-20(28)17-9-16(27)11-26(17)21(29)19(23)22(2,3)4/h12,14-17,19,27H,5-11,23H2,1-4H3,(H,24,28)/t14?,15?,16-,17+,19-/m1/s1. The lowest BCUT2D eigenvalue weighted by Gasteiger charge is -2.33. The van der Waals surface area contributed by atoms with Crippen LogP contribution in [0.15, 0.2) is 5.51 Å². The van der Waals surface area contributed by atoms with Crippen molar-refractivity contribution in [3.63, 3.8) is 0 Å². The number of hydrogen-bond acceptors (Lipinski definition) is 6. The van der Waals surface area contributed by atoms with Gasteiger partial charge in [-0.15, -0.1) is 11.3 Å². The molecule has 4 N–H and O–H groups in total. The molecule has 168 valence electrons. The SMILES string of the molecule is Cc1ncsc1C1CCC(CNC(=O)[C@@H]2C[C@@H](O)CN2C(=O)[C@@H](N)C(C)(C)C)CC1. The van der Waals surface area contributed by atoms with E-state index in [0.717, 1.165) is 31.4 Å². The van der Waals surface area contributed by atoms with Crippen LogP contribution in [0.3, 0.4) is 0 Å². The molecule has 1 aliphatic heterocycles. The molecule has 1 aromatic rings. The molecular weight excluding hydrogens is 400 g/mol. The van der Waals surface area contributed by atoms with Crippen LogP contribution in [0.4, 0.5) is 0 Å². The van der Waals surface area contributed by atoms with E-state index < -0.39 is 23.6 Å². The van der Waals surface area contributed by atoms with Crippen molar-refractivity contribution in [3.05, 3.63) is 16.1 Å². The Balaban J connectivity index is 1.51. The molecule has 2 aliphatic rings. The van der Waals surface area contributed by atoms with E-state index in [0.29, 0.717) is 18.4 Å². The zero-order valence-electron chi connectivity index (χ0n) is 18.6. The van der Waals surface area contributed by atoms with Crippen LogP contribution in [0.5, 0.6) is 0 Å². The Morgan fingerprint density at radius 1 is 1.33 bits per heavy atom. The fourth-order valence-electron chi connectivity index (χ4n) is 4.55. The number of aryl methyl sites for hydroxylation is 1. The molecule has 3 atom stereocenters. The van der Waals surface area contributed by atoms with Crippen LogP contribution in [-0.2, 0) is 9.59 Å². The van der Waals surface area contributed by atoms with Gasteiger partial charge in [-0.25, -0.2) is 4.98 Å². The number of nitrogens with two attached hydrogens (primary N) is 1. The highest BCUT2D eigenvalue weighted by atomic mass is 32.1. The number of hydrogen-bond donors (Lipinski definition) is 3. The van der Waals surface area contributed by atoms with Gasteiger partial charge in [0.15, 0.2) is 0 Å². The van der Waals surface area contributed by atoms with Gasteiger partial charge in [0.1, 0.15) is 6.04 Å². The lowest BCUT2D eigenvalue weighted by Crippen LogP contribution is -2.55. The topological polar surface area (TPSA) is 109 Å². The van der Waals surface area contributed by atoms with E-state index in [1.54, 1.807) is 11.3 Å². The molecule has 8 heteroatoms. The van der Waals surface area contributed by atoms with Crippen LogP contribution in [-0.4, -0.2) is 58.1 Å². The number of nitrogens with zero attached hydrogens (tertiary/aromatic N) is 2. The Labute approximate surface area is 183 Å². The minimum absolute atomic E-state index is 0.167. The zero-order chi connectivity index (χ0) is 22.1. The molecule has 2 heterocycles. The van der Waals surface area contributed by atoms with Crippen molar-refractivity contribution in [1.82, 2.24) is 15.2 Å². The van der Waals surface area contributed by atoms with Crippen LogP contribution in [0.1, 0.15) is 69.4 Å². The summed E-state index contributed by atoms with van der Waals surface area (Å²) in [5, 5.41) is 13.1. The molecule has 2 fully saturated rings. The third-order valence-electron chi connectivity index (χ3n) is 6.63. The normalized spacial score (nSPS) is 28.4. The number of thiazole rings is 1. The van der Waals surface area contributed by atoms with Crippen molar-refractivity contribution >= 4 is 23.2 Å². The summed E-state index contributed by atoms with van der Waals surface area (Å²) in [5.74, 6) is 0.591. The van der Waals surface area contributed by atoms with E-state index in [4.69, 9.17) is 5.73 Å². The molecule has 0 bridgehead atoms. The van der Waals surface area contributed by atoms with Gasteiger partial charge in [-0.05, 0) is 49.9 Å². The largest absolute Gasteiger partial charge is 0.391 e. The van der Waals surface area contributed by atoms with Crippen molar-refractivity contribution in [2.75, 3.05) is 13.1 Å². The summed E-state index contributed by atoms with van der Waals surface area (Å²) in [6.07, 6.45) is 3.98. The summed E-state index contributed by atoms with van der Waals surface area (Å²) < 4.78 is 0. The number of carbonyl (C=O) groups is 2. The fraction of sp³-hybridized carbons (Fsp3) is 0.773. The monoisotopic (exact) mass is 436 g/mol. The highest BCUT2D eigenvalue weighted by molar-refractivity contribution is 7.09. The summed E-state index contributed by atoms with van der Waals surface area (Å²) in [6, 6.07) is -1.35. The summed E-state index contributed by atoms with van der Waals surface area (Å²) in [5.41, 5.74) is 8.80. The average molecular weight is 437 g/mol. The summed E-state index contributed by atoms with van der Waals surface area (Å²) in [4.78, 5) is 32.9. The number of carbonyl (C=O) groups excluding carboxylic acids is 2. The van der Waals surface area contributed by atoms with Gasteiger partial charge in [-0.1, -0.05) is 20.8 Å². The molecule has 30 heavy (non-hydrogen) atoms. The third-order valence-corrected chi connectivity index (χ3v) is 7.72. The number of aromatic nitrogens is 1. The summed E-state index contributed by atoms with van der Waals surface area (Å²) in [6.45, 7) is 8.57. The van der Waals surface area contributed by atoms with Crippen LogP contribution < -0.4 is 11.1 Å². The molecule has 1 saturated carbocycles. The first-order valence-electron chi connectivity index (χ1n) is 11.0. The van der Waals surface area contributed by atoms with Crippen LogP contribution in [0, 0.1) is 18.3 Å². The summed E-state index contributed by atoms with van der Waals surface area (Å²) in [7, 11) is 0. The van der Waals surface area contributed by atoms with Crippen molar-refractivity contribution < 1.29 is 14.7 Å². The van der Waals surface area contributed by atoms with Crippen LogP contribution in [0.2, 0.25) is 0 Å². The van der Waals surface area contributed by atoms with Crippen molar-refractivity contribution in [2.24, 2.45) is 17.1 Å². The fourth-order valence-corrected chi connectivity index (χ4v) is 5.53. The maximum atomic E-state index is 12.9. The van der Waals surface area contributed by atoms with Crippen LogP contribution >= 0.6 is 11.3 Å². The minimum Gasteiger partial charge on any atom is -0.391 e. The molecule has 1 saturated heterocycles. The second kappa shape index (κ2) is 9.32. The molecule has 1 aromatic heterocycles. The highest BCUT2D eigenvalue weighted by Crippen LogP contribution is 2.38. The Kier molecular flexibility index (Phi) is 7.20. The van der Waals surface area contributed by atoms with E-state index in [9.17, 15) is 14.7 Å². The molecule has 2 amide bonds. The Morgan fingerprint density at radius 2 is 2.00 bits per heavy atom. The van der Waals surface area contributed by atoms with Gasteiger partial charge >= 0.3 is 0 Å². The van der Waals surface area contributed by atoms with E-state index in [2.05, 4.69) is 17.2 Å². The first kappa shape index (κ1) is 23.2. The number of aliphatic hydroxyl groups excluding tert-OH is 1. The molecule has 7 nitrogen and oxygen atoms in total. The summed E-state index contributed by atoms with van der Waals surface area (Å²) >= 11 is 1.75. The molecule has 1 aliphatic carbocycles. The molecule has 0 unspecified atom stereocenters. The molecule has 0 aromatic carbocycles. The number of likely N-dealkylation sites (tertiary alicyclic amines) is 1. The lowest BCUT2D eigenvalue weighted by atomic mass is 9.81.